The van der Waals surface area contributed by atoms with E-state index < -0.39 is 10.1 Å². The van der Waals surface area contributed by atoms with Crippen LogP contribution in [0.2, 0.25) is 0 Å². The molecular formula is C7H5O5S. The zero-order chi connectivity index (χ0) is 9.90. The summed E-state index contributed by atoms with van der Waals surface area (Å²) in [5, 5.41) is 1.59. The third-order valence-corrected chi connectivity index (χ3v) is 1.62. The van der Waals surface area contributed by atoms with E-state index in [0.717, 1.165) is 0 Å². The Morgan fingerprint density at radius 1 is 1.62 bits per heavy atom. The first-order chi connectivity index (χ1) is 6.03. The van der Waals surface area contributed by atoms with Gasteiger partial charge in [-0.15, -0.1) is 0 Å². The van der Waals surface area contributed by atoms with Crippen LogP contribution in [0.1, 0.15) is 5.76 Å². The van der Waals surface area contributed by atoms with E-state index in [1.54, 1.807) is 5.41 Å². The summed E-state index contributed by atoms with van der Waals surface area (Å²) >= 11 is 0. The van der Waals surface area contributed by atoms with Gasteiger partial charge in [-0.25, -0.2) is 0 Å². The van der Waals surface area contributed by atoms with Gasteiger partial charge in [-0.05, 0) is 12.1 Å². The van der Waals surface area contributed by atoms with Gasteiger partial charge in [0, 0.05) is 0 Å². The first kappa shape index (κ1) is 9.69. The fourth-order valence-electron chi connectivity index (χ4n) is 0.703. The van der Waals surface area contributed by atoms with Crippen molar-refractivity contribution in [3.8, 4) is 0 Å². The fourth-order valence-corrected chi connectivity index (χ4v) is 1.13. The van der Waals surface area contributed by atoms with E-state index in [-0.39, 0.29) is 17.6 Å². The predicted molar refractivity (Wildman–Crippen MR) is 43.0 cm³/mol. The van der Waals surface area contributed by atoms with E-state index in [2.05, 4.69) is 0 Å². The number of furan rings is 1. The Balaban J connectivity index is 3.14. The van der Waals surface area contributed by atoms with E-state index in [1.807, 2.05) is 0 Å². The molecule has 1 heterocycles. The van der Waals surface area contributed by atoms with Crippen molar-refractivity contribution in [3.63, 3.8) is 0 Å². The lowest BCUT2D eigenvalue weighted by Gasteiger charge is -1.90. The van der Waals surface area contributed by atoms with Gasteiger partial charge in [0.1, 0.15) is 11.2 Å². The van der Waals surface area contributed by atoms with E-state index in [4.69, 9.17) is 8.97 Å². The molecule has 69 valence electrons. The highest BCUT2D eigenvalue weighted by Gasteiger charge is 2.09. The number of rotatable bonds is 3. The first-order valence-electron chi connectivity index (χ1n) is 3.14. The summed E-state index contributed by atoms with van der Waals surface area (Å²) < 4.78 is 33.7. The van der Waals surface area contributed by atoms with Crippen LogP contribution in [0, 0.1) is 5.41 Å². The van der Waals surface area contributed by atoms with Gasteiger partial charge >= 0.3 is 0 Å². The zero-order valence-corrected chi connectivity index (χ0v) is 7.11. The molecule has 13 heavy (non-hydrogen) atoms. The van der Waals surface area contributed by atoms with Gasteiger partial charge < -0.3 is 4.42 Å². The first-order valence-corrected chi connectivity index (χ1v) is 4.58. The molecule has 0 aliphatic carbocycles. The van der Waals surface area contributed by atoms with Crippen LogP contribution >= 0.6 is 0 Å². The lowest BCUT2D eigenvalue weighted by atomic mass is 10.3. The van der Waals surface area contributed by atoms with Crippen LogP contribution in [-0.4, -0.2) is 19.3 Å². The maximum absolute atomic E-state index is 10.3. The average Bonchev–Trinajstić information content (AvgIpc) is 2.50. The summed E-state index contributed by atoms with van der Waals surface area (Å²) in [5.74, 6) is 0.0348. The molecule has 0 saturated carbocycles. The number of carbonyl (C=O) groups is 1. The van der Waals surface area contributed by atoms with Crippen LogP contribution in [0.25, 0.3) is 5.57 Å². The van der Waals surface area contributed by atoms with E-state index in [9.17, 15) is 13.2 Å². The molecule has 1 aromatic rings. The Morgan fingerprint density at radius 3 is 2.69 bits per heavy atom. The van der Waals surface area contributed by atoms with Crippen LogP contribution in [0.15, 0.2) is 22.8 Å². The van der Waals surface area contributed by atoms with Gasteiger partial charge in [0.15, 0.2) is 6.29 Å². The van der Waals surface area contributed by atoms with Crippen LogP contribution in [0.4, 0.5) is 0 Å². The van der Waals surface area contributed by atoms with Gasteiger partial charge in [-0.3, -0.25) is 9.35 Å². The molecule has 0 aliphatic rings. The van der Waals surface area contributed by atoms with Gasteiger partial charge in [-0.2, -0.15) is 8.42 Å². The minimum Gasteiger partial charge on any atom is -0.464 e. The summed E-state index contributed by atoms with van der Waals surface area (Å²) in [6.45, 7) is 0. The van der Waals surface area contributed by atoms with Crippen LogP contribution in [0.3, 0.4) is 0 Å². The number of hydrogen-bond acceptors (Lipinski definition) is 4. The Morgan fingerprint density at radius 2 is 2.31 bits per heavy atom. The smallest absolute Gasteiger partial charge is 0.296 e. The lowest BCUT2D eigenvalue weighted by molar-refractivity contribution is -0.103. The molecular weight excluding hydrogens is 196 g/mol. The molecule has 0 atom stereocenters. The Hall–Kier alpha value is -1.40. The van der Waals surface area contributed by atoms with Crippen molar-refractivity contribution in [1.82, 2.24) is 0 Å². The molecule has 0 spiro atoms. The highest BCUT2D eigenvalue weighted by molar-refractivity contribution is 7.87. The molecule has 0 unspecified atom stereocenters. The van der Waals surface area contributed by atoms with Crippen molar-refractivity contribution in [1.29, 1.82) is 0 Å². The number of carbonyl (C=O) groups excluding carboxylic acids is 1. The van der Waals surface area contributed by atoms with Crippen molar-refractivity contribution < 1.29 is 22.2 Å². The number of aldehydes is 1. The molecule has 1 aromatic heterocycles. The van der Waals surface area contributed by atoms with Gasteiger partial charge in [0.25, 0.3) is 10.1 Å². The van der Waals surface area contributed by atoms with Crippen molar-refractivity contribution in [2.45, 2.75) is 0 Å². The summed E-state index contributed by atoms with van der Waals surface area (Å²) in [6, 6.07) is 2.85. The maximum Gasteiger partial charge on any atom is 0.296 e. The van der Waals surface area contributed by atoms with Crippen molar-refractivity contribution in [2.75, 3.05) is 0 Å². The Kier molecular flexibility index (Phi) is 2.64. The average molecular weight is 201 g/mol. The lowest BCUT2D eigenvalue weighted by Crippen LogP contribution is -1.95. The van der Waals surface area contributed by atoms with E-state index in [0.29, 0.717) is 0 Å². The minimum absolute atomic E-state index is 0.0348. The normalized spacial score (nSPS) is 12.8. The molecule has 0 aliphatic heterocycles. The summed E-state index contributed by atoms with van der Waals surface area (Å²) in [5.41, 5.74) is -0.354. The monoisotopic (exact) mass is 201 g/mol. The number of allylic oxidation sites excluding steroid dienone is 1. The molecule has 0 saturated heterocycles. The summed E-state index contributed by atoms with van der Waals surface area (Å²) in [7, 11) is -4.44. The second kappa shape index (κ2) is 3.55. The SMILES string of the molecule is O=CC(=[C]S(=O)(=O)O)c1ccco1. The third kappa shape index (κ3) is 2.85. The summed E-state index contributed by atoms with van der Waals surface area (Å²) in [6.07, 6.45) is 1.50. The molecule has 0 aromatic carbocycles. The largest absolute Gasteiger partial charge is 0.464 e. The van der Waals surface area contributed by atoms with E-state index >= 15 is 0 Å². The Bertz CT molecular complexity index is 412. The molecule has 6 heteroatoms. The molecule has 5 nitrogen and oxygen atoms in total. The van der Waals surface area contributed by atoms with Crippen LogP contribution < -0.4 is 0 Å². The maximum atomic E-state index is 10.3. The highest BCUT2D eigenvalue weighted by atomic mass is 32.2. The number of hydrogen-bond donors (Lipinski definition) is 1. The third-order valence-electron chi connectivity index (χ3n) is 1.14. The summed E-state index contributed by atoms with van der Waals surface area (Å²) in [4.78, 5) is 10.3. The van der Waals surface area contributed by atoms with Crippen LogP contribution in [-0.2, 0) is 14.9 Å². The van der Waals surface area contributed by atoms with Gasteiger partial charge in [0.05, 0.1) is 11.8 Å². The quantitative estimate of drug-likeness (QED) is 0.437. The van der Waals surface area contributed by atoms with Crippen molar-refractivity contribution in [2.24, 2.45) is 0 Å². The zero-order valence-electron chi connectivity index (χ0n) is 6.30. The fraction of sp³-hybridized carbons (Fsp3) is 0. The van der Waals surface area contributed by atoms with Crippen molar-refractivity contribution >= 4 is 22.0 Å². The Labute approximate surface area is 74.4 Å². The molecule has 0 bridgehead atoms. The molecule has 0 fully saturated rings. The second-order valence-electron chi connectivity index (χ2n) is 2.09. The van der Waals surface area contributed by atoms with Gasteiger partial charge in [0.2, 0.25) is 0 Å². The van der Waals surface area contributed by atoms with Gasteiger partial charge in [-0.1, -0.05) is 0 Å². The van der Waals surface area contributed by atoms with E-state index in [1.165, 1.54) is 18.4 Å². The molecule has 0 amide bonds. The van der Waals surface area contributed by atoms with Crippen molar-refractivity contribution in [3.05, 3.63) is 29.6 Å². The molecule has 1 radical (unpaired) electrons. The van der Waals surface area contributed by atoms with Crippen LogP contribution in [0.5, 0.6) is 0 Å². The topological polar surface area (TPSA) is 84.6 Å². The standard InChI is InChI=1S/C7H5O5S/c8-4-6(5-13(9,10)11)7-2-1-3-12-7/h1-4H,(H,9,10,11). The predicted octanol–water partition coefficient (Wildman–Crippen LogP) is 0.510. The molecule has 1 rings (SSSR count). The highest BCUT2D eigenvalue weighted by Crippen LogP contribution is 2.12. The minimum atomic E-state index is -4.44. The molecule has 1 N–H and O–H groups in total. The second-order valence-corrected chi connectivity index (χ2v) is 3.24.